The molecule has 2 aromatic carbocycles. The Balaban J connectivity index is 1.44. The van der Waals surface area contributed by atoms with E-state index in [2.05, 4.69) is 10.2 Å². The minimum Gasteiger partial charge on any atom is -0.329 e. The summed E-state index contributed by atoms with van der Waals surface area (Å²) in [5.74, 6) is -0.218. The Morgan fingerprint density at radius 2 is 2.12 bits per heavy atom. The fourth-order valence-corrected chi connectivity index (χ4v) is 5.77. The summed E-state index contributed by atoms with van der Waals surface area (Å²) in [6.07, 6.45) is 3.23. The summed E-state index contributed by atoms with van der Waals surface area (Å²) in [5, 5.41) is 20.9. The number of nitro benzene ring substituents is 1. The first-order valence-electron chi connectivity index (χ1n) is 9.98. The van der Waals surface area contributed by atoms with Gasteiger partial charge in [-0.2, -0.15) is 0 Å². The van der Waals surface area contributed by atoms with E-state index in [4.69, 9.17) is 4.98 Å². The van der Waals surface area contributed by atoms with Crippen LogP contribution >= 0.6 is 23.1 Å². The van der Waals surface area contributed by atoms with E-state index in [0.717, 1.165) is 39.8 Å². The average molecular weight is 467 g/mol. The third kappa shape index (κ3) is 3.73. The van der Waals surface area contributed by atoms with E-state index in [1.54, 1.807) is 40.0 Å². The summed E-state index contributed by atoms with van der Waals surface area (Å²) in [6.45, 7) is 0.600. The van der Waals surface area contributed by atoms with Gasteiger partial charge in [0.25, 0.3) is 11.6 Å². The van der Waals surface area contributed by atoms with Gasteiger partial charge in [-0.25, -0.2) is 4.98 Å². The third-order valence-electron chi connectivity index (χ3n) is 5.38. The minimum atomic E-state index is -0.468. The second-order valence-electron chi connectivity index (χ2n) is 7.44. The number of hydrogen-bond acceptors (Lipinski definition) is 8. The molecule has 0 saturated carbocycles. The second kappa shape index (κ2) is 8.32. The predicted molar refractivity (Wildman–Crippen MR) is 121 cm³/mol. The van der Waals surface area contributed by atoms with Crippen LogP contribution in [-0.4, -0.2) is 42.0 Å². The Hall–Kier alpha value is -3.31. The lowest BCUT2D eigenvalue weighted by molar-refractivity contribution is -0.387. The first kappa shape index (κ1) is 20.6. The number of rotatable bonds is 5. The molecule has 0 N–H and O–H groups in total. The lowest BCUT2D eigenvalue weighted by Gasteiger charge is -2.23. The van der Waals surface area contributed by atoms with E-state index in [0.29, 0.717) is 22.2 Å². The van der Waals surface area contributed by atoms with Gasteiger partial charge >= 0.3 is 0 Å². The van der Waals surface area contributed by atoms with Crippen molar-refractivity contribution in [1.82, 2.24) is 24.6 Å². The van der Waals surface area contributed by atoms with Crippen LogP contribution in [0.15, 0.2) is 58.8 Å². The largest absolute Gasteiger partial charge is 0.329 e. The molecule has 1 atom stereocenters. The van der Waals surface area contributed by atoms with Crippen LogP contribution in [0.5, 0.6) is 0 Å². The van der Waals surface area contributed by atoms with Gasteiger partial charge in [-0.1, -0.05) is 12.1 Å². The Labute approximate surface area is 191 Å². The quantitative estimate of drug-likeness (QED) is 0.316. The molecule has 1 amide bonds. The highest BCUT2D eigenvalue weighted by Gasteiger charge is 2.33. The van der Waals surface area contributed by atoms with Crippen LogP contribution in [0.1, 0.15) is 34.2 Å². The average Bonchev–Trinajstić information content (AvgIpc) is 3.52. The van der Waals surface area contributed by atoms with Crippen molar-refractivity contribution in [2.24, 2.45) is 7.05 Å². The van der Waals surface area contributed by atoms with Crippen molar-refractivity contribution in [3.63, 3.8) is 0 Å². The molecule has 1 aliphatic heterocycles. The maximum atomic E-state index is 13.4. The van der Waals surface area contributed by atoms with Gasteiger partial charge in [-0.15, -0.1) is 21.5 Å². The number of fused-ring (bicyclic) bond motifs is 1. The molecule has 0 spiro atoms. The Bertz CT molecular complexity index is 1300. The van der Waals surface area contributed by atoms with Gasteiger partial charge in [0.2, 0.25) is 0 Å². The van der Waals surface area contributed by atoms with Crippen LogP contribution < -0.4 is 0 Å². The number of carbonyl (C=O) groups excluding carboxylic acids is 1. The molecule has 162 valence electrons. The molecule has 4 aromatic rings. The Morgan fingerprint density at radius 3 is 2.88 bits per heavy atom. The van der Waals surface area contributed by atoms with Crippen molar-refractivity contribution < 1.29 is 9.72 Å². The number of aryl methyl sites for hydroxylation is 1. The van der Waals surface area contributed by atoms with E-state index in [-0.39, 0.29) is 17.6 Å². The number of para-hydroxylation sites is 1. The molecule has 1 aliphatic rings. The monoisotopic (exact) mass is 466 g/mol. The standard InChI is InChI=1S/C21H18N6O3S2/c1-25-12-22-24-21(25)32-18-9-8-13(11-16(18)27(29)30)20(28)26-10-4-6-15(26)19-23-14-5-2-3-7-17(14)31-19/h2-3,5,7-9,11-12,15H,4,6,10H2,1H3. The molecule has 2 aromatic heterocycles. The summed E-state index contributed by atoms with van der Waals surface area (Å²) in [4.78, 5) is 31.5. The third-order valence-corrected chi connectivity index (χ3v) is 7.64. The zero-order valence-electron chi connectivity index (χ0n) is 17.0. The number of nitro groups is 1. The minimum absolute atomic E-state index is 0.119. The van der Waals surface area contributed by atoms with Gasteiger partial charge in [0.15, 0.2) is 5.16 Å². The van der Waals surface area contributed by atoms with Crippen LogP contribution in [0.4, 0.5) is 5.69 Å². The molecule has 32 heavy (non-hydrogen) atoms. The van der Waals surface area contributed by atoms with Gasteiger partial charge in [-0.05, 0) is 48.9 Å². The molecule has 3 heterocycles. The lowest BCUT2D eigenvalue weighted by Crippen LogP contribution is -2.30. The van der Waals surface area contributed by atoms with E-state index in [9.17, 15) is 14.9 Å². The molecule has 5 rings (SSSR count). The number of nitrogens with zero attached hydrogens (tertiary/aromatic N) is 6. The van der Waals surface area contributed by atoms with Crippen molar-refractivity contribution in [3.05, 3.63) is 69.5 Å². The van der Waals surface area contributed by atoms with E-state index < -0.39 is 4.92 Å². The zero-order chi connectivity index (χ0) is 22.2. The highest BCUT2D eigenvalue weighted by atomic mass is 32.2. The van der Waals surface area contributed by atoms with Crippen molar-refractivity contribution in [3.8, 4) is 0 Å². The van der Waals surface area contributed by atoms with Crippen LogP contribution in [-0.2, 0) is 7.05 Å². The molecule has 11 heteroatoms. The molecule has 0 radical (unpaired) electrons. The smallest absolute Gasteiger partial charge is 0.284 e. The van der Waals surface area contributed by atoms with Gasteiger partial charge in [0.1, 0.15) is 11.3 Å². The van der Waals surface area contributed by atoms with Gasteiger partial charge in [-0.3, -0.25) is 14.9 Å². The molecule has 0 aliphatic carbocycles. The van der Waals surface area contributed by atoms with E-state index >= 15 is 0 Å². The van der Waals surface area contributed by atoms with Crippen molar-refractivity contribution >= 4 is 44.9 Å². The summed E-state index contributed by atoms with van der Waals surface area (Å²) in [5.41, 5.74) is 1.10. The molecular weight excluding hydrogens is 448 g/mol. The number of thiazole rings is 1. The van der Waals surface area contributed by atoms with Gasteiger partial charge < -0.3 is 9.47 Å². The summed E-state index contributed by atoms with van der Waals surface area (Å²) >= 11 is 2.74. The normalized spacial score (nSPS) is 16.0. The maximum absolute atomic E-state index is 13.4. The van der Waals surface area contributed by atoms with Crippen molar-refractivity contribution in [1.29, 1.82) is 0 Å². The number of likely N-dealkylation sites (tertiary alicyclic amines) is 1. The van der Waals surface area contributed by atoms with E-state index in [1.807, 2.05) is 24.3 Å². The van der Waals surface area contributed by atoms with Gasteiger partial charge in [0, 0.05) is 25.2 Å². The predicted octanol–water partition coefficient (Wildman–Crippen LogP) is 4.46. The fourth-order valence-electron chi connectivity index (χ4n) is 3.81. The number of carbonyl (C=O) groups is 1. The van der Waals surface area contributed by atoms with Crippen LogP contribution in [0.3, 0.4) is 0 Å². The Kier molecular flexibility index (Phi) is 5.35. The van der Waals surface area contributed by atoms with Crippen LogP contribution in [0, 0.1) is 10.1 Å². The molecule has 9 nitrogen and oxygen atoms in total. The maximum Gasteiger partial charge on any atom is 0.284 e. The number of aromatic nitrogens is 4. The summed E-state index contributed by atoms with van der Waals surface area (Å²) in [6, 6.07) is 12.4. The van der Waals surface area contributed by atoms with Crippen LogP contribution in [0.25, 0.3) is 10.2 Å². The zero-order valence-corrected chi connectivity index (χ0v) is 18.7. The number of benzene rings is 2. The van der Waals surface area contributed by atoms with E-state index in [1.165, 1.54) is 12.4 Å². The molecule has 0 bridgehead atoms. The Morgan fingerprint density at radius 1 is 1.28 bits per heavy atom. The highest BCUT2D eigenvalue weighted by Crippen LogP contribution is 2.39. The van der Waals surface area contributed by atoms with Crippen molar-refractivity contribution in [2.75, 3.05) is 6.54 Å². The number of hydrogen-bond donors (Lipinski definition) is 0. The van der Waals surface area contributed by atoms with Crippen LogP contribution in [0.2, 0.25) is 0 Å². The van der Waals surface area contributed by atoms with Gasteiger partial charge in [0.05, 0.1) is 26.1 Å². The fraction of sp³-hybridized carbons (Fsp3) is 0.238. The summed E-state index contributed by atoms with van der Waals surface area (Å²) < 4.78 is 2.77. The molecule has 1 unspecified atom stereocenters. The molecule has 1 saturated heterocycles. The molecular formula is C21H18N6O3S2. The summed E-state index contributed by atoms with van der Waals surface area (Å²) in [7, 11) is 1.77. The first-order valence-corrected chi connectivity index (χ1v) is 11.6. The van der Waals surface area contributed by atoms with Crippen molar-refractivity contribution in [2.45, 2.75) is 28.9 Å². The lowest BCUT2D eigenvalue weighted by atomic mass is 10.1. The molecule has 1 fully saturated rings. The number of amides is 1. The first-order chi connectivity index (χ1) is 15.5. The highest BCUT2D eigenvalue weighted by molar-refractivity contribution is 7.99. The SMILES string of the molecule is Cn1cnnc1Sc1ccc(C(=O)N2CCCC2c2nc3ccccc3s2)cc1[N+](=O)[O-]. The second-order valence-corrected chi connectivity index (χ2v) is 9.51. The topological polar surface area (TPSA) is 107 Å².